The lowest BCUT2D eigenvalue weighted by Gasteiger charge is -2.38. The summed E-state index contributed by atoms with van der Waals surface area (Å²) < 4.78 is 24.6. The lowest BCUT2D eigenvalue weighted by Crippen LogP contribution is -2.45. The smallest absolute Gasteiger partial charge is 0.256 e. The molecule has 162 valence electrons. The van der Waals surface area contributed by atoms with Gasteiger partial charge in [0.1, 0.15) is 6.04 Å². The van der Waals surface area contributed by atoms with Crippen LogP contribution in [0.3, 0.4) is 0 Å². The van der Waals surface area contributed by atoms with Crippen molar-refractivity contribution in [2.75, 3.05) is 13.7 Å². The molecule has 2 aromatic heterocycles. The standard InChI is InChI=1S/C22H19FN6O3/c1-13-6-7-17(29-24-9-10-25-29)15(12-13)22(30)28-11-8-18(28)21-26-20(27-32-21)14-4-3-5-16(23)19(14)31-2/h3-7,9-10,12,18H,8,11H2,1-2H3. The molecule has 1 atom stereocenters. The van der Waals surface area contributed by atoms with Crippen LogP contribution in [0.25, 0.3) is 17.1 Å². The molecule has 4 aromatic rings. The number of rotatable bonds is 5. The molecule has 0 saturated carbocycles. The Bertz CT molecular complexity index is 1290. The minimum atomic E-state index is -0.518. The van der Waals surface area contributed by atoms with Crippen molar-refractivity contribution in [3.8, 4) is 22.8 Å². The molecule has 1 amide bonds. The van der Waals surface area contributed by atoms with Gasteiger partial charge >= 0.3 is 0 Å². The molecular weight excluding hydrogens is 415 g/mol. The SMILES string of the molecule is COc1c(F)cccc1-c1noc(C2CCN2C(=O)c2cc(C)ccc2-n2nccn2)n1. The molecule has 0 bridgehead atoms. The van der Waals surface area contributed by atoms with Crippen molar-refractivity contribution in [3.05, 3.63) is 71.6 Å². The summed E-state index contributed by atoms with van der Waals surface area (Å²) in [5, 5.41) is 12.3. The third-order valence-electron chi connectivity index (χ3n) is 5.44. The average molecular weight is 434 g/mol. The van der Waals surface area contributed by atoms with Crippen molar-refractivity contribution < 1.29 is 18.4 Å². The van der Waals surface area contributed by atoms with Crippen LogP contribution in [0.4, 0.5) is 4.39 Å². The van der Waals surface area contributed by atoms with Gasteiger partial charge in [-0.25, -0.2) is 4.39 Å². The summed E-state index contributed by atoms with van der Waals surface area (Å²) >= 11 is 0. The van der Waals surface area contributed by atoms with Gasteiger partial charge in [-0.2, -0.15) is 20.0 Å². The zero-order valence-electron chi connectivity index (χ0n) is 17.4. The van der Waals surface area contributed by atoms with Crippen LogP contribution in [-0.4, -0.2) is 49.6 Å². The predicted octanol–water partition coefficient (Wildman–Crippen LogP) is 3.36. The average Bonchev–Trinajstić information content (AvgIpc) is 3.45. The molecule has 0 radical (unpaired) electrons. The lowest BCUT2D eigenvalue weighted by molar-refractivity contribution is 0.0378. The van der Waals surface area contributed by atoms with E-state index in [2.05, 4.69) is 20.3 Å². The first-order valence-electron chi connectivity index (χ1n) is 10.0. The van der Waals surface area contributed by atoms with Gasteiger partial charge in [0.2, 0.25) is 11.7 Å². The van der Waals surface area contributed by atoms with Crippen LogP contribution in [-0.2, 0) is 0 Å². The van der Waals surface area contributed by atoms with Crippen LogP contribution < -0.4 is 4.74 Å². The normalized spacial score (nSPS) is 15.5. The van der Waals surface area contributed by atoms with Gasteiger partial charge in [0, 0.05) is 6.54 Å². The number of hydrogen-bond acceptors (Lipinski definition) is 7. The zero-order valence-corrected chi connectivity index (χ0v) is 17.4. The van der Waals surface area contributed by atoms with E-state index in [1.54, 1.807) is 29.4 Å². The van der Waals surface area contributed by atoms with Gasteiger partial charge in [-0.05, 0) is 37.6 Å². The van der Waals surface area contributed by atoms with Crippen LogP contribution in [0.2, 0.25) is 0 Å². The number of halogens is 1. The summed E-state index contributed by atoms with van der Waals surface area (Å²) in [6.45, 7) is 2.46. The fraction of sp³-hybridized carbons (Fsp3) is 0.227. The summed E-state index contributed by atoms with van der Waals surface area (Å²) in [4.78, 5) is 20.9. The number of aromatic nitrogens is 5. The maximum atomic E-state index is 14.0. The Morgan fingerprint density at radius 2 is 2.03 bits per heavy atom. The minimum absolute atomic E-state index is 0.0394. The van der Waals surface area contributed by atoms with Crippen molar-refractivity contribution in [3.63, 3.8) is 0 Å². The largest absolute Gasteiger partial charge is 0.493 e. The summed E-state index contributed by atoms with van der Waals surface area (Å²) in [6, 6.07) is 9.65. The van der Waals surface area contributed by atoms with Crippen molar-refractivity contribution >= 4 is 5.91 Å². The molecule has 1 unspecified atom stereocenters. The Kier molecular flexibility index (Phi) is 4.89. The number of carbonyl (C=O) groups is 1. The number of aryl methyl sites for hydroxylation is 1. The van der Waals surface area contributed by atoms with Gasteiger partial charge in [0.15, 0.2) is 11.6 Å². The second-order valence-electron chi connectivity index (χ2n) is 7.42. The number of ether oxygens (including phenoxy) is 1. The molecule has 0 aliphatic carbocycles. The van der Waals surface area contributed by atoms with Gasteiger partial charge in [-0.3, -0.25) is 4.79 Å². The first kappa shape index (κ1) is 19.9. The Morgan fingerprint density at radius 1 is 1.22 bits per heavy atom. The van der Waals surface area contributed by atoms with Crippen molar-refractivity contribution in [1.29, 1.82) is 0 Å². The van der Waals surface area contributed by atoms with E-state index < -0.39 is 5.82 Å². The molecule has 0 N–H and O–H groups in total. The van der Waals surface area contributed by atoms with Gasteiger partial charge in [0.25, 0.3) is 5.91 Å². The van der Waals surface area contributed by atoms with Crippen molar-refractivity contribution in [2.24, 2.45) is 0 Å². The number of carbonyl (C=O) groups excluding carboxylic acids is 1. The molecular formula is C22H19FN6O3. The van der Waals surface area contributed by atoms with Crippen LogP contribution in [0, 0.1) is 12.7 Å². The van der Waals surface area contributed by atoms with E-state index in [9.17, 15) is 9.18 Å². The fourth-order valence-electron chi connectivity index (χ4n) is 3.75. The molecule has 5 rings (SSSR count). The molecule has 1 fully saturated rings. The Hall–Kier alpha value is -4.08. The molecule has 32 heavy (non-hydrogen) atoms. The number of hydrogen-bond donors (Lipinski definition) is 0. The lowest BCUT2D eigenvalue weighted by atomic mass is 9.99. The number of methoxy groups -OCH3 is 1. The highest BCUT2D eigenvalue weighted by molar-refractivity contribution is 5.98. The summed E-state index contributed by atoms with van der Waals surface area (Å²) in [6.07, 6.45) is 3.79. The second-order valence-corrected chi connectivity index (χ2v) is 7.42. The topological polar surface area (TPSA) is 99.2 Å². The summed E-state index contributed by atoms with van der Waals surface area (Å²) in [7, 11) is 1.38. The van der Waals surface area contributed by atoms with E-state index in [1.165, 1.54) is 18.0 Å². The van der Waals surface area contributed by atoms with Gasteiger partial charge in [-0.15, -0.1) is 0 Å². The highest BCUT2D eigenvalue weighted by Crippen LogP contribution is 2.37. The van der Waals surface area contributed by atoms with Crippen LogP contribution >= 0.6 is 0 Å². The Balaban J connectivity index is 1.44. The van der Waals surface area contributed by atoms with E-state index in [1.807, 2.05) is 25.1 Å². The number of amides is 1. The number of nitrogens with zero attached hydrogens (tertiary/aromatic N) is 6. The maximum absolute atomic E-state index is 14.0. The third kappa shape index (κ3) is 3.29. The van der Waals surface area contributed by atoms with Crippen LogP contribution in [0.1, 0.15) is 34.3 Å². The fourth-order valence-corrected chi connectivity index (χ4v) is 3.75. The number of benzene rings is 2. The van der Waals surface area contributed by atoms with E-state index in [4.69, 9.17) is 9.26 Å². The second kappa shape index (κ2) is 7.88. The number of para-hydroxylation sites is 1. The third-order valence-corrected chi connectivity index (χ3v) is 5.44. The van der Waals surface area contributed by atoms with E-state index in [0.29, 0.717) is 29.8 Å². The highest BCUT2D eigenvalue weighted by Gasteiger charge is 2.39. The summed E-state index contributed by atoms with van der Waals surface area (Å²) in [5.74, 6) is -0.168. The van der Waals surface area contributed by atoms with Gasteiger partial charge < -0.3 is 14.2 Å². The predicted molar refractivity (Wildman–Crippen MR) is 111 cm³/mol. The Morgan fingerprint density at radius 3 is 2.75 bits per heavy atom. The molecule has 1 aliphatic rings. The molecule has 1 saturated heterocycles. The molecule has 3 heterocycles. The maximum Gasteiger partial charge on any atom is 0.256 e. The van der Waals surface area contributed by atoms with Gasteiger partial charge in [0.05, 0.1) is 36.3 Å². The van der Waals surface area contributed by atoms with E-state index in [-0.39, 0.29) is 29.4 Å². The first-order valence-corrected chi connectivity index (χ1v) is 10.0. The molecule has 10 heteroatoms. The van der Waals surface area contributed by atoms with E-state index >= 15 is 0 Å². The molecule has 9 nitrogen and oxygen atoms in total. The zero-order chi connectivity index (χ0) is 22.2. The molecule has 2 aromatic carbocycles. The quantitative estimate of drug-likeness (QED) is 0.475. The van der Waals surface area contributed by atoms with Crippen LogP contribution in [0.5, 0.6) is 5.75 Å². The Labute approximate surface area is 182 Å². The van der Waals surface area contributed by atoms with Crippen molar-refractivity contribution in [2.45, 2.75) is 19.4 Å². The van der Waals surface area contributed by atoms with E-state index in [0.717, 1.165) is 5.56 Å². The minimum Gasteiger partial charge on any atom is -0.493 e. The molecule has 1 aliphatic heterocycles. The van der Waals surface area contributed by atoms with Gasteiger partial charge in [-0.1, -0.05) is 22.9 Å². The summed E-state index contributed by atoms with van der Waals surface area (Å²) in [5.41, 5.74) is 2.40. The van der Waals surface area contributed by atoms with Crippen LogP contribution in [0.15, 0.2) is 53.3 Å². The monoisotopic (exact) mass is 434 g/mol. The van der Waals surface area contributed by atoms with Crippen molar-refractivity contribution in [1.82, 2.24) is 30.0 Å². The number of likely N-dealkylation sites (tertiary alicyclic amines) is 1. The molecule has 0 spiro atoms. The highest BCUT2D eigenvalue weighted by atomic mass is 19.1. The first-order chi connectivity index (χ1) is 15.6.